The third-order valence-electron chi connectivity index (χ3n) is 3.82. The molecule has 0 aromatic heterocycles. The molecule has 1 aromatic carbocycles. The van der Waals surface area contributed by atoms with Crippen LogP contribution in [0.15, 0.2) is 24.3 Å². The fraction of sp³-hybridized carbons (Fsp3) is 0.533. The molecule has 3 nitrogen and oxygen atoms in total. The van der Waals surface area contributed by atoms with Crippen LogP contribution in [0.2, 0.25) is 0 Å². The Morgan fingerprint density at radius 3 is 2.78 bits per heavy atom. The number of nitrogens with zero attached hydrogens (tertiary/aromatic N) is 1. The molecule has 0 spiro atoms. The molecule has 0 bridgehead atoms. The molecule has 2 rings (SSSR count). The van der Waals surface area contributed by atoms with Gasteiger partial charge in [-0.05, 0) is 24.0 Å². The molecule has 0 saturated heterocycles. The number of methoxy groups -OCH3 is 1. The van der Waals surface area contributed by atoms with Gasteiger partial charge < -0.3 is 9.84 Å². The summed E-state index contributed by atoms with van der Waals surface area (Å²) in [5.41, 5.74) is 1.26. The van der Waals surface area contributed by atoms with Crippen molar-refractivity contribution in [3.63, 3.8) is 0 Å². The molecule has 1 aliphatic carbocycles. The van der Waals surface area contributed by atoms with E-state index in [0.29, 0.717) is 6.61 Å². The number of benzene rings is 1. The number of hydrogen-bond donors (Lipinski definition) is 1. The lowest BCUT2D eigenvalue weighted by molar-refractivity contribution is 0.0669. The molecule has 1 N–H and O–H groups in total. The van der Waals surface area contributed by atoms with Crippen LogP contribution < -0.4 is 0 Å². The molecular formula is C15H19NO2. The van der Waals surface area contributed by atoms with E-state index in [1.165, 1.54) is 0 Å². The Hall–Kier alpha value is -1.37. The van der Waals surface area contributed by atoms with Crippen LogP contribution in [-0.4, -0.2) is 12.2 Å². The SMILES string of the molecule is COCc1cccc(C(O)C2(C#N)CCCC2)c1. The van der Waals surface area contributed by atoms with Crippen molar-refractivity contribution in [2.24, 2.45) is 5.41 Å². The molecule has 1 atom stereocenters. The lowest BCUT2D eigenvalue weighted by Crippen LogP contribution is -2.24. The van der Waals surface area contributed by atoms with Crippen molar-refractivity contribution in [1.29, 1.82) is 5.26 Å². The van der Waals surface area contributed by atoms with E-state index in [0.717, 1.165) is 36.8 Å². The highest BCUT2D eigenvalue weighted by atomic mass is 16.5. The second-order valence-electron chi connectivity index (χ2n) is 5.06. The Bertz CT molecular complexity index is 444. The summed E-state index contributed by atoms with van der Waals surface area (Å²) in [6, 6.07) is 10.0. The Morgan fingerprint density at radius 2 is 2.17 bits per heavy atom. The summed E-state index contributed by atoms with van der Waals surface area (Å²) in [6.07, 6.45) is 2.95. The first-order valence-electron chi connectivity index (χ1n) is 6.39. The molecular weight excluding hydrogens is 226 g/mol. The van der Waals surface area contributed by atoms with Crippen LogP contribution in [0.25, 0.3) is 0 Å². The van der Waals surface area contributed by atoms with Crippen molar-refractivity contribution in [2.45, 2.75) is 38.4 Å². The maximum absolute atomic E-state index is 10.5. The third kappa shape index (κ3) is 2.40. The topological polar surface area (TPSA) is 53.2 Å². The molecule has 1 aromatic rings. The van der Waals surface area contributed by atoms with Gasteiger partial charge in [-0.1, -0.05) is 37.1 Å². The fourth-order valence-corrected chi connectivity index (χ4v) is 2.79. The average molecular weight is 245 g/mol. The molecule has 0 aliphatic heterocycles. The van der Waals surface area contributed by atoms with Gasteiger partial charge in [0.15, 0.2) is 0 Å². The first-order chi connectivity index (χ1) is 8.72. The molecule has 1 fully saturated rings. The molecule has 18 heavy (non-hydrogen) atoms. The monoisotopic (exact) mass is 245 g/mol. The zero-order valence-corrected chi connectivity index (χ0v) is 10.7. The molecule has 1 aliphatic rings. The second kappa shape index (κ2) is 5.51. The van der Waals surface area contributed by atoms with Gasteiger partial charge in [-0.15, -0.1) is 0 Å². The van der Waals surface area contributed by atoms with E-state index in [-0.39, 0.29) is 0 Å². The first kappa shape index (κ1) is 13.1. The van der Waals surface area contributed by atoms with Gasteiger partial charge in [0, 0.05) is 7.11 Å². The van der Waals surface area contributed by atoms with Crippen LogP contribution in [0.5, 0.6) is 0 Å². The standard InChI is InChI=1S/C15H19NO2/c1-18-10-12-5-4-6-13(9-12)14(17)15(11-16)7-2-3-8-15/h4-6,9,14,17H,2-3,7-8,10H2,1H3. The summed E-state index contributed by atoms with van der Waals surface area (Å²) < 4.78 is 5.09. The summed E-state index contributed by atoms with van der Waals surface area (Å²) in [5.74, 6) is 0. The lowest BCUT2D eigenvalue weighted by atomic mass is 9.78. The van der Waals surface area contributed by atoms with Gasteiger partial charge in [-0.2, -0.15) is 5.26 Å². The molecule has 96 valence electrons. The third-order valence-corrected chi connectivity index (χ3v) is 3.82. The van der Waals surface area contributed by atoms with Crippen LogP contribution in [-0.2, 0) is 11.3 Å². The number of aliphatic hydroxyl groups excluding tert-OH is 1. The van der Waals surface area contributed by atoms with Gasteiger partial charge in [0.25, 0.3) is 0 Å². The second-order valence-corrected chi connectivity index (χ2v) is 5.06. The van der Waals surface area contributed by atoms with Gasteiger partial charge in [0.05, 0.1) is 24.2 Å². The Morgan fingerprint density at radius 1 is 1.44 bits per heavy atom. The predicted molar refractivity (Wildman–Crippen MR) is 68.6 cm³/mol. The minimum atomic E-state index is -0.693. The summed E-state index contributed by atoms with van der Waals surface area (Å²) in [7, 11) is 1.65. The smallest absolute Gasteiger partial charge is 0.0976 e. The minimum absolute atomic E-state index is 0.528. The van der Waals surface area contributed by atoms with Crippen LogP contribution in [0.3, 0.4) is 0 Å². The van der Waals surface area contributed by atoms with Crippen molar-refractivity contribution in [1.82, 2.24) is 0 Å². The van der Waals surface area contributed by atoms with E-state index >= 15 is 0 Å². The van der Waals surface area contributed by atoms with E-state index in [1.807, 2.05) is 24.3 Å². The van der Waals surface area contributed by atoms with E-state index in [2.05, 4.69) is 6.07 Å². The van der Waals surface area contributed by atoms with E-state index in [4.69, 9.17) is 4.74 Å². The number of aliphatic hydroxyl groups is 1. The Balaban J connectivity index is 2.25. The quantitative estimate of drug-likeness (QED) is 0.887. The van der Waals surface area contributed by atoms with Gasteiger partial charge in [-0.3, -0.25) is 0 Å². The van der Waals surface area contributed by atoms with Crippen LogP contribution in [0.4, 0.5) is 0 Å². The van der Waals surface area contributed by atoms with Crippen molar-refractivity contribution in [3.05, 3.63) is 35.4 Å². The highest BCUT2D eigenvalue weighted by molar-refractivity contribution is 5.28. The minimum Gasteiger partial charge on any atom is -0.387 e. The summed E-state index contributed by atoms with van der Waals surface area (Å²) in [6.45, 7) is 0.528. The summed E-state index contributed by atoms with van der Waals surface area (Å²) in [4.78, 5) is 0. The van der Waals surface area contributed by atoms with Gasteiger partial charge in [0.1, 0.15) is 0 Å². The molecule has 0 radical (unpaired) electrons. The molecule has 0 amide bonds. The van der Waals surface area contributed by atoms with Crippen LogP contribution in [0.1, 0.15) is 42.9 Å². The zero-order valence-electron chi connectivity index (χ0n) is 10.7. The molecule has 0 heterocycles. The van der Waals surface area contributed by atoms with E-state index < -0.39 is 11.5 Å². The van der Waals surface area contributed by atoms with Crippen molar-refractivity contribution >= 4 is 0 Å². The fourth-order valence-electron chi connectivity index (χ4n) is 2.79. The number of hydrogen-bond acceptors (Lipinski definition) is 3. The molecule has 3 heteroatoms. The van der Waals surface area contributed by atoms with E-state index in [9.17, 15) is 10.4 Å². The largest absolute Gasteiger partial charge is 0.387 e. The van der Waals surface area contributed by atoms with Gasteiger partial charge in [0.2, 0.25) is 0 Å². The van der Waals surface area contributed by atoms with Gasteiger partial charge in [-0.25, -0.2) is 0 Å². The first-order valence-corrected chi connectivity index (χ1v) is 6.39. The Labute approximate surface area is 108 Å². The van der Waals surface area contributed by atoms with Crippen molar-refractivity contribution in [2.75, 3.05) is 7.11 Å². The van der Waals surface area contributed by atoms with Crippen LogP contribution >= 0.6 is 0 Å². The lowest BCUT2D eigenvalue weighted by Gasteiger charge is -2.27. The molecule has 1 unspecified atom stereocenters. The Kier molecular flexibility index (Phi) is 4.00. The highest BCUT2D eigenvalue weighted by Crippen LogP contribution is 2.47. The van der Waals surface area contributed by atoms with E-state index in [1.54, 1.807) is 7.11 Å². The number of rotatable bonds is 4. The maximum atomic E-state index is 10.5. The predicted octanol–water partition coefficient (Wildman–Crippen LogP) is 2.95. The number of nitriles is 1. The summed E-state index contributed by atoms with van der Waals surface area (Å²) >= 11 is 0. The van der Waals surface area contributed by atoms with Crippen LogP contribution in [0, 0.1) is 16.7 Å². The normalized spacial score (nSPS) is 19.4. The highest BCUT2D eigenvalue weighted by Gasteiger charge is 2.41. The van der Waals surface area contributed by atoms with Gasteiger partial charge >= 0.3 is 0 Å². The number of ether oxygens (including phenoxy) is 1. The average Bonchev–Trinajstić information content (AvgIpc) is 2.88. The van der Waals surface area contributed by atoms with Crippen molar-refractivity contribution in [3.8, 4) is 6.07 Å². The van der Waals surface area contributed by atoms with Crippen molar-refractivity contribution < 1.29 is 9.84 Å². The summed E-state index contributed by atoms with van der Waals surface area (Å²) in [5, 5.41) is 19.9. The maximum Gasteiger partial charge on any atom is 0.0976 e. The zero-order chi connectivity index (χ0) is 13.0. The molecule has 1 saturated carbocycles.